The number of hydrogen-bond acceptors (Lipinski definition) is 18. The molecule has 0 bridgehead atoms. The number of ether oxygens (including phenoxy) is 2. The number of aromatic nitrogens is 6. The Morgan fingerprint density at radius 2 is 0.988 bits per heavy atom. The van der Waals surface area contributed by atoms with E-state index < -0.39 is 11.2 Å². The first-order valence-electron chi connectivity index (χ1n) is 29.0. The van der Waals surface area contributed by atoms with Crippen LogP contribution in [0.5, 0.6) is 0 Å². The molecule has 0 atom stereocenters. The maximum atomic E-state index is 11.6. The number of halogens is 4. The third kappa shape index (κ3) is 29.5. The molecule has 3 aromatic heterocycles. The van der Waals surface area contributed by atoms with Gasteiger partial charge in [0.2, 0.25) is 10.6 Å². The van der Waals surface area contributed by atoms with Crippen LogP contribution in [-0.4, -0.2) is 145 Å². The van der Waals surface area contributed by atoms with E-state index in [1.807, 2.05) is 66.0 Å². The van der Waals surface area contributed by atoms with Crippen molar-refractivity contribution in [3.63, 3.8) is 0 Å². The summed E-state index contributed by atoms with van der Waals surface area (Å²) >= 11 is 22.9. The van der Waals surface area contributed by atoms with Gasteiger partial charge in [-0.3, -0.25) is 4.99 Å². The SMILES string of the molecule is CC(C)(C)OC(=O)NC1CCC(N)CC1.CC(C)n1cnc2c(Cl)nc(Cl)nc21.CN(C)C1CCC(N)CC1.CN(C)C1CCC(NC(=O)OC(C)(C)C)CC1.Clc1nc(Cl)c2c(n1)CC=N2.NC1CCC(N)CC1.Nc1cccc(N)c1. The molecule has 0 spiro atoms. The quantitative estimate of drug-likeness (QED) is 0.0523. The molecule has 4 fully saturated rings. The monoisotopic (exact) mass is 1240 g/mol. The molecule has 0 unspecified atom stereocenters. The molecule has 2 amide bonds. The average Bonchev–Trinajstić information content (AvgIpc) is 4.30. The molecule has 0 radical (unpaired) electrons. The van der Waals surface area contributed by atoms with Gasteiger partial charge in [0.25, 0.3) is 0 Å². The summed E-state index contributed by atoms with van der Waals surface area (Å²) in [7, 11) is 8.54. The van der Waals surface area contributed by atoms with Crippen LogP contribution in [0.3, 0.4) is 0 Å². The van der Waals surface area contributed by atoms with Crippen molar-refractivity contribution in [2.24, 2.45) is 27.9 Å². The van der Waals surface area contributed by atoms with Gasteiger partial charge in [0.15, 0.2) is 16.0 Å². The summed E-state index contributed by atoms with van der Waals surface area (Å²) in [5, 5.41) is 6.78. The zero-order valence-corrected chi connectivity index (χ0v) is 54.3. The molecular weight excluding hydrogens is 1140 g/mol. The van der Waals surface area contributed by atoms with Gasteiger partial charge in [0.1, 0.15) is 22.4 Å². The van der Waals surface area contributed by atoms with Gasteiger partial charge in [-0.2, -0.15) is 4.98 Å². The smallest absolute Gasteiger partial charge is 0.407 e. The van der Waals surface area contributed by atoms with E-state index in [4.69, 9.17) is 90.3 Å². The van der Waals surface area contributed by atoms with Crippen molar-refractivity contribution in [3.8, 4) is 0 Å². The molecule has 14 N–H and O–H groups in total. The number of hydrogen-bond donors (Lipinski definition) is 8. The number of rotatable bonds is 5. The first kappa shape index (κ1) is 72.8. The van der Waals surface area contributed by atoms with Gasteiger partial charge in [0, 0.05) is 78.4 Å². The van der Waals surface area contributed by atoms with Crippen molar-refractivity contribution in [2.45, 2.75) is 230 Å². The van der Waals surface area contributed by atoms with Gasteiger partial charge in [-0.05, 0) is 228 Å². The highest BCUT2D eigenvalue weighted by Crippen LogP contribution is 2.31. The largest absolute Gasteiger partial charge is 0.444 e. The van der Waals surface area contributed by atoms with Gasteiger partial charge >= 0.3 is 12.2 Å². The minimum absolute atomic E-state index is 0.143. The molecule has 4 aromatic rings. The van der Waals surface area contributed by atoms with Crippen molar-refractivity contribution < 1.29 is 19.1 Å². The van der Waals surface area contributed by atoms with Crippen LogP contribution < -0.4 is 45.0 Å². The molecule has 0 saturated heterocycles. The standard InChI is InChI=1S/C13H26N2O2.C11H22N2O2.C8H8Cl2N4.C8H18N2.C6H3Cl2N3.C6H14N2.C6H8N2/c1-13(2,3)17-12(16)14-10-6-8-11(9-7-10)15(4)5;1-11(2,3)15-10(14)13-9-6-4-8(12)5-7-9;1-4(2)14-3-11-5-6(9)12-8(10)13-7(5)14;1-10(2)8-5-3-7(9)4-6-8;7-5-4-3(1-2-9-4)10-6(8)11-5;7-5-1-2-6(8)4-3-5;7-5-2-1-3-6(8)4-5/h10-11H,6-9H2,1-5H3,(H,14,16);8-9H,4-7,12H2,1-3H3,(H,13,14);3-4H,1-2H3;7-8H,3-6,9H2,1-2H3;2H,1H2;5-6H,1-4,7-8H2;1-4H,7-8H2. The molecule has 83 heavy (non-hydrogen) atoms. The molecule has 21 nitrogen and oxygen atoms in total. The number of anilines is 2. The Balaban J connectivity index is 0.000000258. The summed E-state index contributed by atoms with van der Waals surface area (Å²) in [6, 6.07) is 11.0. The number of aliphatic imine (C=N–C) groups is 1. The van der Waals surface area contributed by atoms with Crippen LogP contribution in [-0.2, 0) is 15.9 Å². The zero-order valence-electron chi connectivity index (χ0n) is 51.3. The lowest BCUT2D eigenvalue weighted by atomic mass is 9.91. The van der Waals surface area contributed by atoms with Crippen LogP contribution in [0.15, 0.2) is 35.6 Å². The summed E-state index contributed by atoms with van der Waals surface area (Å²) in [5.41, 5.74) is 36.9. The number of amides is 2. The Morgan fingerprint density at radius 3 is 1.39 bits per heavy atom. The number of nitrogen functional groups attached to an aromatic ring is 2. The van der Waals surface area contributed by atoms with Gasteiger partial charge in [-0.15, -0.1) is 0 Å². The Hall–Kier alpha value is -4.42. The molecule has 4 heterocycles. The van der Waals surface area contributed by atoms with Crippen molar-refractivity contribution in [1.82, 2.24) is 49.9 Å². The van der Waals surface area contributed by atoms with Crippen LogP contribution in [0.1, 0.15) is 170 Å². The number of carbonyl (C=O) groups is 2. The van der Waals surface area contributed by atoms with Gasteiger partial charge in [-0.25, -0.2) is 29.5 Å². The summed E-state index contributed by atoms with van der Waals surface area (Å²) in [4.78, 5) is 51.4. The minimum Gasteiger partial charge on any atom is -0.444 e. The first-order valence-corrected chi connectivity index (χ1v) is 30.5. The number of imidazole rings is 1. The highest BCUT2D eigenvalue weighted by Gasteiger charge is 2.27. The number of nitrogens with zero attached hydrogens (tertiary/aromatic N) is 9. The molecule has 4 saturated carbocycles. The zero-order chi connectivity index (χ0) is 62.2. The highest BCUT2D eigenvalue weighted by atomic mass is 35.5. The summed E-state index contributed by atoms with van der Waals surface area (Å²) in [6.45, 7) is 15.3. The Bertz CT molecular complexity index is 2540. The summed E-state index contributed by atoms with van der Waals surface area (Å²) < 4.78 is 12.3. The van der Waals surface area contributed by atoms with E-state index in [9.17, 15) is 9.59 Å². The van der Waals surface area contributed by atoms with E-state index in [-0.39, 0.29) is 40.9 Å². The fourth-order valence-corrected chi connectivity index (χ4v) is 10.3. The van der Waals surface area contributed by atoms with Gasteiger partial charge in [-0.1, -0.05) is 29.3 Å². The van der Waals surface area contributed by atoms with Crippen LogP contribution >= 0.6 is 46.4 Å². The lowest BCUT2D eigenvalue weighted by molar-refractivity contribution is 0.0475. The Labute approximate surface area is 514 Å². The van der Waals surface area contributed by atoms with Crippen LogP contribution in [0, 0.1) is 0 Å². The molecule has 4 aliphatic carbocycles. The average molecular weight is 1240 g/mol. The van der Waals surface area contributed by atoms with E-state index in [1.165, 1.54) is 25.7 Å². The number of carbonyl (C=O) groups excluding carboxylic acids is 2. The highest BCUT2D eigenvalue weighted by molar-refractivity contribution is 6.35. The van der Waals surface area contributed by atoms with Crippen molar-refractivity contribution >= 4 is 93.0 Å². The van der Waals surface area contributed by atoms with Crippen LogP contribution in [0.2, 0.25) is 20.9 Å². The fraction of sp³-hybridized carbons (Fsp3) is 0.690. The lowest BCUT2D eigenvalue weighted by Crippen LogP contribution is -2.43. The Kier molecular flexibility index (Phi) is 31.5. The van der Waals surface area contributed by atoms with Gasteiger partial charge in [0.05, 0.1) is 12.0 Å². The fourth-order valence-electron chi connectivity index (χ4n) is 9.44. The second-order valence-corrected chi connectivity index (χ2v) is 25.9. The van der Waals surface area contributed by atoms with Crippen molar-refractivity contribution in [2.75, 3.05) is 39.7 Å². The molecule has 5 aliphatic rings. The van der Waals surface area contributed by atoms with E-state index in [0.29, 0.717) is 75.2 Å². The van der Waals surface area contributed by atoms with Crippen molar-refractivity contribution in [1.29, 1.82) is 0 Å². The Morgan fingerprint density at radius 1 is 0.602 bits per heavy atom. The molecule has 25 heteroatoms. The second-order valence-electron chi connectivity index (χ2n) is 24.5. The third-order valence-electron chi connectivity index (χ3n) is 14.1. The minimum atomic E-state index is -0.421. The predicted molar refractivity (Wildman–Crippen MR) is 342 cm³/mol. The molecule has 9 rings (SSSR count). The van der Waals surface area contributed by atoms with Gasteiger partial charge < -0.3 is 68.9 Å². The number of alkyl carbamates (subject to hydrolysis) is 2. The van der Waals surface area contributed by atoms with Crippen molar-refractivity contribution in [3.05, 3.63) is 57.2 Å². The normalized spacial score (nSPS) is 22.8. The van der Waals surface area contributed by atoms with E-state index >= 15 is 0 Å². The third-order valence-corrected chi connectivity index (χ3v) is 15.0. The molecule has 1 aliphatic heterocycles. The topological polar surface area (TPSA) is 321 Å². The maximum Gasteiger partial charge on any atom is 0.407 e. The number of nitrogens with two attached hydrogens (primary N) is 6. The molecule has 1 aromatic carbocycles. The number of nitrogens with one attached hydrogen (secondary N) is 2. The molecule has 468 valence electrons. The summed E-state index contributed by atoms with van der Waals surface area (Å²) in [5.74, 6) is 0. The van der Waals surface area contributed by atoms with Crippen LogP contribution in [0.25, 0.3) is 11.2 Å². The number of benzene rings is 1. The van der Waals surface area contributed by atoms with Crippen LogP contribution in [0.4, 0.5) is 26.7 Å². The molecular formula is C58H99Cl4N17O4. The van der Waals surface area contributed by atoms with E-state index in [1.54, 1.807) is 30.7 Å². The van der Waals surface area contributed by atoms with E-state index in [0.717, 1.165) is 88.8 Å². The van der Waals surface area contributed by atoms with E-state index in [2.05, 4.69) is 78.5 Å². The maximum absolute atomic E-state index is 11.6. The first-order chi connectivity index (χ1) is 38.8. The summed E-state index contributed by atoms with van der Waals surface area (Å²) in [6.07, 6.45) is 21.3. The number of fused-ring (bicyclic) bond motifs is 2. The predicted octanol–water partition coefficient (Wildman–Crippen LogP) is 10.8. The second kappa shape index (κ2) is 35.9. The lowest BCUT2D eigenvalue weighted by Gasteiger charge is -2.33.